The maximum absolute atomic E-state index is 14.6. The van der Waals surface area contributed by atoms with E-state index in [0.29, 0.717) is 28.2 Å². The molecule has 0 fully saturated rings. The molecule has 6 nitrogen and oxygen atoms in total. The van der Waals surface area contributed by atoms with E-state index in [1.165, 1.54) is 18.6 Å². The third kappa shape index (κ3) is 9.64. The summed E-state index contributed by atoms with van der Waals surface area (Å²) in [4.78, 5) is 21.9. The Bertz CT molecular complexity index is 1530. The van der Waals surface area contributed by atoms with E-state index in [1.54, 1.807) is 60.7 Å². The van der Waals surface area contributed by atoms with Crippen molar-refractivity contribution in [2.24, 2.45) is 0 Å². The molecule has 0 aliphatic heterocycles. The molecular weight excluding hydrogens is 499 g/mol. The number of ether oxygens (including phenoxy) is 4. The number of rotatable bonds is 8. The van der Waals surface area contributed by atoms with Crippen LogP contribution in [0.5, 0.6) is 11.5 Å². The Morgan fingerprint density at radius 1 is 0.615 bits per heavy atom. The molecule has 0 saturated heterocycles. The van der Waals surface area contributed by atoms with Gasteiger partial charge in [0.15, 0.2) is 0 Å². The van der Waals surface area contributed by atoms with Crippen molar-refractivity contribution >= 4 is 11.9 Å². The molecule has 192 valence electrons. The SMILES string of the molecule is C=CC(=O)O/C=C\Oc1ccc(C#Cc2ccc(C#Cc3ccc(O/C=C\OC(=O)C=C)cc3)c(F)c2)cc1. The topological polar surface area (TPSA) is 71.1 Å². The number of carbonyl (C=O) groups is 2. The molecule has 0 N–H and O–H groups in total. The van der Waals surface area contributed by atoms with E-state index < -0.39 is 17.8 Å². The van der Waals surface area contributed by atoms with Crippen LogP contribution in [0.1, 0.15) is 22.3 Å². The van der Waals surface area contributed by atoms with E-state index in [-0.39, 0.29) is 5.56 Å². The quantitative estimate of drug-likeness (QED) is 0.162. The molecule has 0 heterocycles. The van der Waals surface area contributed by atoms with Crippen molar-refractivity contribution in [3.05, 3.63) is 145 Å². The highest BCUT2D eigenvalue weighted by Gasteiger charge is 2.00. The zero-order chi connectivity index (χ0) is 27.9. The molecule has 0 spiro atoms. The summed E-state index contributed by atoms with van der Waals surface area (Å²) >= 11 is 0. The molecule has 0 aliphatic carbocycles. The van der Waals surface area contributed by atoms with Crippen molar-refractivity contribution in [2.75, 3.05) is 0 Å². The summed E-state index contributed by atoms with van der Waals surface area (Å²) in [6, 6.07) is 18.2. The van der Waals surface area contributed by atoms with Gasteiger partial charge in [-0.1, -0.05) is 36.8 Å². The normalized spacial score (nSPS) is 9.97. The van der Waals surface area contributed by atoms with Gasteiger partial charge in [0.25, 0.3) is 0 Å². The summed E-state index contributed by atoms with van der Waals surface area (Å²) in [5.41, 5.74) is 2.10. The zero-order valence-corrected chi connectivity index (χ0v) is 20.6. The Labute approximate surface area is 225 Å². The standard InChI is InChI=1S/C32H21FO6/c1-3-31(34)38-21-19-36-28-15-9-24(10-16-28)5-6-26-8-14-27(30(33)23-26)13-7-25-11-17-29(18-12-25)37-20-22-39-32(35)4-2/h3-4,8-12,14-23H,1-2H2/b21-19-,22-20-. The summed E-state index contributed by atoms with van der Waals surface area (Å²) in [7, 11) is 0. The molecule has 3 rings (SSSR count). The summed E-state index contributed by atoms with van der Waals surface area (Å²) in [5.74, 6) is 11.0. The number of benzene rings is 3. The molecule has 0 radical (unpaired) electrons. The van der Waals surface area contributed by atoms with E-state index in [2.05, 4.69) is 46.3 Å². The minimum absolute atomic E-state index is 0.237. The van der Waals surface area contributed by atoms with Gasteiger partial charge in [-0.25, -0.2) is 14.0 Å². The average Bonchev–Trinajstić information content (AvgIpc) is 2.96. The monoisotopic (exact) mass is 520 g/mol. The Morgan fingerprint density at radius 2 is 1.05 bits per heavy atom. The highest BCUT2D eigenvalue weighted by atomic mass is 19.1. The van der Waals surface area contributed by atoms with Crippen LogP contribution >= 0.6 is 0 Å². The Balaban J connectivity index is 1.56. The predicted octanol–water partition coefficient (Wildman–Crippen LogP) is 5.78. The Kier molecular flexibility index (Phi) is 10.5. The number of carbonyl (C=O) groups excluding carboxylic acids is 2. The fourth-order valence-corrected chi connectivity index (χ4v) is 2.71. The van der Waals surface area contributed by atoms with Crippen molar-refractivity contribution in [3.8, 4) is 35.2 Å². The van der Waals surface area contributed by atoms with Gasteiger partial charge in [0, 0.05) is 28.8 Å². The highest BCUT2D eigenvalue weighted by Crippen LogP contribution is 2.14. The second-order valence-corrected chi connectivity index (χ2v) is 7.31. The van der Waals surface area contributed by atoms with Gasteiger partial charge in [-0.3, -0.25) is 0 Å². The Morgan fingerprint density at radius 3 is 1.51 bits per heavy atom. The van der Waals surface area contributed by atoms with E-state index >= 15 is 0 Å². The second kappa shape index (κ2) is 14.7. The van der Waals surface area contributed by atoms with Crippen LogP contribution in [0.15, 0.2) is 117 Å². The fraction of sp³-hybridized carbons (Fsp3) is 0. The predicted molar refractivity (Wildman–Crippen MR) is 143 cm³/mol. The zero-order valence-electron chi connectivity index (χ0n) is 20.6. The van der Waals surface area contributed by atoms with E-state index in [0.717, 1.165) is 24.7 Å². The summed E-state index contributed by atoms with van der Waals surface area (Å²) in [5, 5.41) is 0. The van der Waals surface area contributed by atoms with Crippen molar-refractivity contribution in [3.63, 3.8) is 0 Å². The third-order valence-corrected chi connectivity index (χ3v) is 4.59. The number of esters is 2. The molecule has 7 heteroatoms. The third-order valence-electron chi connectivity index (χ3n) is 4.59. The highest BCUT2D eigenvalue weighted by molar-refractivity contribution is 5.82. The maximum atomic E-state index is 14.6. The van der Waals surface area contributed by atoms with Gasteiger partial charge < -0.3 is 18.9 Å². The first-order valence-corrected chi connectivity index (χ1v) is 11.3. The summed E-state index contributed by atoms with van der Waals surface area (Å²) < 4.78 is 34.5. The second-order valence-electron chi connectivity index (χ2n) is 7.31. The summed E-state index contributed by atoms with van der Waals surface area (Å²) in [6.45, 7) is 6.57. The lowest BCUT2D eigenvalue weighted by atomic mass is 10.1. The van der Waals surface area contributed by atoms with Crippen LogP contribution in [0.2, 0.25) is 0 Å². The van der Waals surface area contributed by atoms with Gasteiger partial charge in [0.1, 0.15) is 42.4 Å². The van der Waals surface area contributed by atoms with Gasteiger partial charge in [0.2, 0.25) is 0 Å². The molecule has 0 saturated carbocycles. The van der Waals surface area contributed by atoms with Crippen LogP contribution in [-0.4, -0.2) is 11.9 Å². The maximum Gasteiger partial charge on any atom is 0.335 e. The van der Waals surface area contributed by atoms with E-state index in [1.807, 2.05) is 0 Å². The minimum Gasteiger partial charge on any atom is -0.462 e. The van der Waals surface area contributed by atoms with Crippen LogP contribution < -0.4 is 9.47 Å². The van der Waals surface area contributed by atoms with Crippen molar-refractivity contribution < 1.29 is 32.9 Å². The fourth-order valence-electron chi connectivity index (χ4n) is 2.71. The molecule has 0 atom stereocenters. The van der Waals surface area contributed by atoms with Crippen molar-refractivity contribution in [2.45, 2.75) is 0 Å². The number of hydrogen-bond acceptors (Lipinski definition) is 6. The lowest BCUT2D eigenvalue weighted by Gasteiger charge is -2.00. The number of halogens is 1. The molecule has 0 bridgehead atoms. The molecular formula is C32H21FO6. The largest absolute Gasteiger partial charge is 0.462 e. The molecule has 0 amide bonds. The van der Waals surface area contributed by atoms with Gasteiger partial charge in [-0.2, -0.15) is 0 Å². The Hall–Kier alpha value is -5.79. The van der Waals surface area contributed by atoms with Crippen LogP contribution in [-0.2, 0) is 19.1 Å². The van der Waals surface area contributed by atoms with Crippen LogP contribution in [0.25, 0.3) is 0 Å². The average molecular weight is 521 g/mol. The molecule has 0 aromatic heterocycles. The van der Waals surface area contributed by atoms with Gasteiger partial charge >= 0.3 is 11.9 Å². The van der Waals surface area contributed by atoms with Crippen LogP contribution in [0.4, 0.5) is 4.39 Å². The molecule has 39 heavy (non-hydrogen) atoms. The lowest BCUT2D eigenvalue weighted by molar-refractivity contribution is -0.133. The van der Waals surface area contributed by atoms with E-state index in [9.17, 15) is 14.0 Å². The van der Waals surface area contributed by atoms with Gasteiger partial charge in [-0.15, -0.1) is 0 Å². The first-order chi connectivity index (χ1) is 19.0. The molecule has 3 aromatic rings. The summed E-state index contributed by atoms with van der Waals surface area (Å²) in [6.07, 6.45) is 6.74. The van der Waals surface area contributed by atoms with Crippen molar-refractivity contribution in [1.29, 1.82) is 0 Å². The first-order valence-electron chi connectivity index (χ1n) is 11.3. The van der Waals surface area contributed by atoms with Gasteiger partial charge in [-0.05, 0) is 66.7 Å². The first kappa shape index (κ1) is 27.8. The minimum atomic E-state index is -0.592. The van der Waals surface area contributed by atoms with Crippen LogP contribution in [0, 0.1) is 29.5 Å². The van der Waals surface area contributed by atoms with Crippen molar-refractivity contribution in [1.82, 2.24) is 0 Å². The van der Waals surface area contributed by atoms with Crippen LogP contribution in [0.3, 0.4) is 0 Å². The molecule has 0 unspecified atom stereocenters. The smallest absolute Gasteiger partial charge is 0.335 e. The lowest BCUT2D eigenvalue weighted by Crippen LogP contribution is -1.93. The van der Waals surface area contributed by atoms with Gasteiger partial charge in [0.05, 0.1) is 5.56 Å². The molecule has 0 aliphatic rings. The van der Waals surface area contributed by atoms with E-state index in [4.69, 9.17) is 9.47 Å². The molecule has 3 aromatic carbocycles. The number of hydrogen-bond donors (Lipinski definition) is 0.